The molecule has 100 valence electrons. The predicted molar refractivity (Wildman–Crippen MR) is 81.0 cm³/mol. The molecule has 0 bridgehead atoms. The minimum absolute atomic E-state index is 0.591. The van der Waals surface area contributed by atoms with Crippen molar-refractivity contribution in [3.05, 3.63) is 53.1 Å². The van der Waals surface area contributed by atoms with Crippen LogP contribution in [0.5, 0.6) is 5.75 Å². The number of anilines is 2. The second-order valence-corrected chi connectivity index (χ2v) is 4.82. The summed E-state index contributed by atoms with van der Waals surface area (Å²) >= 11 is 5.92. The van der Waals surface area contributed by atoms with Crippen LogP contribution in [0.15, 0.2) is 42.5 Å². The molecule has 0 unspecified atom stereocenters. The summed E-state index contributed by atoms with van der Waals surface area (Å²) in [6, 6.07) is 13.7. The van der Waals surface area contributed by atoms with Crippen LogP contribution in [0.4, 0.5) is 11.4 Å². The number of hydrogen-bond acceptors (Lipinski definition) is 3. The van der Waals surface area contributed by atoms with Gasteiger partial charge in [-0.25, -0.2) is 0 Å². The maximum atomic E-state index is 5.92. The van der Waals surface area contributed by atoms with E-state index in [1.54, 1.807) is 7.11 Å². The van der Waals surface area contributed by atoms with Crippen LogP contribution in [-0.4, -0.2) is 14.2 Å². The van der Waals surface area contributed by atoms with Gasteiger partial charge in [0.25, 0.3) is 0 Å². The fourth-order valence-electron chi connectivity index (χ4n) is 1.90. The van der Waals surface area contributed by atoms with Gasteiger partial charge in [0, 0.05) is 25.3 Å². The lowest BCUT2D eigenvalue weighted by Crippen LogP contribution is -2.16. The fraction of sp³-hybridized carbons (Fsp3) is 0.200. The van der Waals surface area contributed by atoms with Gasteiger partial charge in [-0.05, 0) is 29.8 Å². The van der Waals surface area contributed by atoms with E-state index in [9.17, 15) is 0 Å². The Bertz CT molecular complexity index is 572. The van der Waals surface area contributed by atoms with Crippen molar-refractivity contribution in [2.24, 2.45) is 0 Å². The van der Waals surface area contributed by atoms with Crippen LogP contribution in [0.25, 0.3) is 0 Å². The fourth-order valence-corrected chi connectivity index (χ4v) is 2.02. The summed E-state index contributed by atoms with van der Waals surface area (Å²) in [6.07, 6.45) is 0. The Hall–Kier alpha value is -1.87. The first-order valence-corrected chi connectivity index (χ1v) is 6.37. The zero-order valence-corrected chi connectivity index (χ0v) is 11.8. The van der Waals surface area contributed by atoms with Gasteiger partial charge in [-0.3, -0.25) is 0 Å². The van der Waals surface area contributed by atoms with E-state index in [0.29, 0.717) is 10.7 Å². The zero-order valence-electron chi connectivity index (χ0n) is 11.1. The normalized spacial score (nSPS) is 10.3. The highest BCUT2D eigenvalue weighted by Gasteiger charge is 2.05. The lowest BCUT2D eigenvalue weighted by atomic mass is 10.2. The first-order valence-electron chi connectivity index (χ1n) is 5.99. The monoisotopic (exact) mass is 276 g/mol. The van der Waals surface area contributed by atoms with Crippen molar-refractivity contribution in [2.45, 2.75) is 6.54 Å². The largest absolute Gasteiger partial charge is 0.497 e. The van der Waals surface area contributed by atoms with E-state index in [-0.39, 0.29) is 0 Å². The van der Waals surface area contributed by atoms with E-state index in [0.717, 1.165) is 23.5 Å². The number of nitrogen functional groups attached to an aromatic ring is 1. The van der Waals surface area contributed by atoms with Crippen LogP contribution in [-0.2, 0) is 6.54 Å². The molecule has 19 heavy (non-hydrogen) atoms. The average molecular weight is 277 g/mol. The second-order valence-electron chi connectivity index (χ2n) is 4.41. The van der Waals surface area contributed by atoms with Gasteiger partial charge in [0.1, 0.15) is 5.75 Å². The quantitative estimate of drug-likeness (QED) is 0.868. The second kappa shape index (κ2) is 5.85. The van der Waals surface area contributed by atoms with Gasteiger partial charge in [-0.1, -0.05) is 23.7 Å². The van der Waals surface area contributed by atoms with E-state index in [4.69, 9.17) is 22.1 Å². The number of nitrogens with two attached hydrogens (primary N) is 1. The van der Waals surface area contributed by atoms with Gasteiger partial charge in [0.2, 0.25) is 0 Å². The lowest BCUT2D eigenvalue weighted by molar-refractivity contribution is 0.415. The third-order valence-electron chi connectivity index (χ3n) is 2.97. The summed E-state index contributed by atoms with van der Waals surface area (Å²) < 4.78 is 5.23. The molecule has 0 aliphatic heterocycles. The molecule has 0 amide bonds. The summed E-state index contributed by atoms with van der Waals surface area (Å²) in [5, 5.41) is 0.591. The van der Waals surface area contributed by atoms with Crippen LogP contribution >= 0.6 is 11.6 Å². The number of nitrogens with zero attached hydrogens (tertiary/aromatic N) is 1. The molecule has 2 aromatic rings. The van der Waals surface area contributed by atoms with Crippen molar-refractivity contribution in [1.29, 1.82) is 0 Å². The number of methoxy groups -OCH3 is 1. The summed E-state index contributed by atoms with van der Waals surface area (Å²) in [6.45, 7) is 0.758. The Morgan fingerprint density at radius 1 is 1.21 bits per heavy atom. The Kier molecular flexibility index (Phi) is 4.17. The topological polar surface area (TPSA) is 38.5 Å². The van der Waals surface area contributed by atoms with Crippen LogP contribution < -0.4 is 15.4 Å². The lowest BCUT2D eigenvalue weighted by Gasteiger charge is -2.20. The molecule has 2 N–H and O–H groups in total. The molecule has 0 aliphatic rings. The molecular formula is C15H17ClN2O. The first-order chi connectivity index (χ1) is 9.10. The number of hydrogen-bond donors (Lipinski definition) is 1. The summed E-state index contributed by atoms with van der Waals surface area (Å²) in [5.74, 6) is 0.847. The molecule has 0 heterocycles. The third kappa shape index (κ3) is 3.32. The van der Waals surface area contributed by atoms with Crippen molar-refractivity contribution < 1.29 is 4.74 Å². The minimum Gasteiger partial charge on any atom is -0.497 e. The molecule has 0 fully saturated rings. The number of halogens is 1. The molecule has 3 nitrogen and oxygen atoms in total. The highest BCUT2D eigenvalue weighted by Crippen LogP contribution is 2.24. The van der Waals surface area contributed by atoms with Crippen molar-refractivity contribution in [1.82, 2.24) is 0 Å². The average Bonchev–Trinajstić information content (AvgIpc) is 2.43. The van der Waals surface area contributed by atoms with E-state index in [1.807, 2.05) is 49.5 Å². The standard InChI is InChI=1S/C15H17ClN2O/c1-18(12-4-3-5-13(9-12)19-2)10-11-6-7-14(16)15(17)8-11/h3-9H,10,17H2,1-2H3. The Balaban J connectivity index is 2.15. The molecule has 0 atom stereocenters. The van der Waals surface area contributed by atoms with Gasteiger partial charge in [0.05, 0.1) is 17.8 Å². The SMILES string of the molecule is COc1cccc(N(C)Cc2ccc(Cl)c(N)c2)c1. The summed E-state index contributed by atoms with van der Waals surface area (Å²) in [4.78, 5) is 2.13. The molecular weight excluding hydrogens is 260 g/mol. The summed E-state index contributed by atoms with van der Waals surface area (Å²) in [5.41, 5.74) is 8.63. The van der Waals surface area contributed by atoms with Crippen molar-refractivity contribution in [3.63, 3.8) is 0 Å². The molecule has 0 radical (unpaired) electrons. The zero-order chi connectivity index (χ0) is 13.8. The molecule has 0 saturated heterocycles. The molecule has 4 heteroatoms. The van der Waals surface area contributed by atoms with E-state index >= 15 is 0 Å². The molecule has 0 aliphatic carbocycles. The van der Waals surface area contributed by atoms with Crippen molar-refractivity contribution >= 4 is 23.0 Å². The Labute approximate surface area is 118 Å². The highest BCUT2D eigenvalue weighted by atomic mass is 35.5. The molecule has 2 aromatic carbocycles. The van der Waals surface area contributed by atoms with Gasteiger partial charge >= 0.3 is 0 Å². The molecule has 2 rings (SSSR count). The molecule has 0 aromatic heterocycles. The van der Waals surface area contributed by atoms with Crippen LogP contribution in [0.1, 0.15) is 5.56 Å². The van der Waals surface area contributed by atoms with Crippen molar-refractivity contribution in [3.8, 4) is 5.75 Å². The van der Waals surface area contributed by atoms with E-state index < -0.39 is 0 Å². The highest BCUT2D eigenvalue weighted by molar-refractivity contribution is 6.33. The molecule has 0 saturated carbocycles. The number of ether oxygens (including phenoxy) is 1. The smallest absolute Gasteiger partial charge is 0.120 e. The first kappa shape index (κ1) is 13.6. The van der Waals surface area contributed by atoms with Gasteiger partial charge in [0.15, 0.2) is 0 Å². The van der Waals surface area contributed by atoms with Crippen LogP contribution in [0.2, 0.25) is 5.02 Å². The predicted octanol–water partition coefficient (Wildman–Crippen LogP) is 3.57. The summed E-state index contributed by atoms with van der Waals surface area (Å²) in [7, 11) is 3.69. The van der Waals surface area contributed by atoms with Crippen LogP contribution in [0.3, 0.4) is 0 Å². The van der Waals surface area contributed by atoms with Gasteiger partial charge in [-0.2, -0.15) is 0 Å². The van der Waals surface area contributed by atoms with E-state index in [1.165, 1.54) is 0 Å². The van der Waals surface area contributed by atoms with Crippen LogP contribution in [0, 0.1) is 0 Å². The van der Waals surface area contributed by atoms with Crippen molar-refractivity contribution in [2.75, 3.05) is 24.8 Å². The molecule has 0 spiro atoms. The van der Waals surface area contributed by atoms with Gasteiger partial charge in [-0.15, -0.1) is 0 Å². The maximum Gasteiger partial charge on any atom is 0.120 e. The maximum absolute atomic E-state index is 5.92. The Morgan fingerprint density at radius 2 is 2.00 bits per heavy atom. The minimum atomic E-state index is 0.591. The number of benzene rings is 2. The van der Waals surface area contributed by atoms with E-state index in [2.05, 4.69) is 4.90 Å². The number of rotatable bonds is 4. The third-order valence-corrected chi connectivity index (χ3v) is 3.32. The van der Waals surface area contributed by atoms with Gasteiger partial charge < -0.3 is 15.4 Å². The Morgan fingerprint density at radius 3 is 2.68 bits per heavy atom.